The van der Waals surface area contributed by atoms with Crippen LogP contribution < -0.4 is 0 Å². The van der Waals surface area contributed by atoms with Crippen molar-refractivity contribution in [2.75, 3.05) is 0 Å². The maximum absolute atomic E-state index is 9.55. The van der Waals surface area contributed by atoms with Gasteiger partial charge < -0.3 is 13.1 Å². The molecule has 0 heterocycles. The van der Waals surface area contributed by atoms with Gasteiger partial charge in [0.2, 0.25) is 0 Å². The molecule has 0 bridgehead atoms. The SMILES string of the molecule is O=C(O)/C=C\C(=O)O.[H-].[H-].[Sr+2]. The quantitative estimate of drug-likeness (QED) is 0.474. The van der Waals surface area contributed by atoms with Gasteiger partial charge in [-0.05, 0) is 0 Å². The van der Waals surface area contributed by atoms with Gasteiger partial charge in [0.25, 0.3) is 0 Å². The summed E-state index contributed by atoms with van der Waals surface area (Å²) in [6.45, 7) is 0. The van der Waals surface area contributed by atoms with E-state index in [0.717, 1.165) is 0 Å². The summed E-state index contributed by atoms with van der Waals surface area (Å²) in [5.74, 6) is -2.51. The Morgan fingerprint density at radius 1 is 1.11 bits per heavy atom. The Kier molecular flexibility index (Phi) is 8.31. The minimum Gasteiger partial charge on any atom is -1.00 e. The molecule has 48 valence electrons. The summed E-state index contributed by atoms with van der Waals surface area (Å²) in [7, 11) is 0. The Labute approximate surface area is 91.4 Å². The number of carbonyl (C=O) groups is 2. The van der Waals surface area contributed by atoms with E-state index in [2.05, 4.69) is 0 Å². The summed E-state index contributed by atoms with van der Waals surface area (Å²) in [6, 6.07) is 0. The fraction of sp³-hybridized carbons (Fsp3) is 0. The van der Waals surface area contributed by atoms with Crippen LogP contribution in [0.1, 0.15) is 2.85 Å². The van der Waals surface area contributed by atoms with E-state index in [1.807, 2.05) is 0 Å². The predicted octanol–water partition coefficient (Wildman–Crippen LogP) is -0.444. The van der Waals surface area contributed by atoms with Crippen molar-refractivity contribution in [3.8, 4) is 0 Å². The monoisotopic (exact) mass is 206 g/mol. The number of aliphatic carboxylic acids is 2. The summed E-state index contributed by atoms with van der Waals surface area (Å²) >= 11 is 0. The normalized spacial score (nSPS) is 8.44. The van der Waals surface area contributed by atoms with Crippen LogP contribution in [-0.2, 0) is 9.59 Å². The third-order valence-electron chi connectivity index (χ3n) is 0.368. The first-order valence-corrected chi connectivity index (χ1v) is 1.77. The van der Waals surface area contributed by atoms with Gasteiger partial charge in [-0.2, -0.15) is 0 Å². The largest absolute Gasteiger partial charge is 2.00 e. The third kappa shape index (κ3) is 11.6. The molecule has 9 heavy (non-hydrogen) atoms. The third-order valence-corrected chi connectivity index (χ3v) is 0.368. The molecule has 0 aromatic carbocycles. The van der Waals surface area contributed by atoms with Gasteiger partial charge in [0.15, 0.2) is 0 Å². The Balaban J connectivity index is -0.0000000817. The summed E-state index contributed by atoms with van der Waals surface area (Å²) in [5, 5.41) is 15.6. The van der Waals surface area contributed by atoms with Crippen molar-refractivity contribution < 1.29 is 22.7 Å². The molecule has 0 aromatic rings. The Hall–Kier alpha value is 0.161. The predicted molar refractivity (Wildman–Crippen MR) is 32.4 cm³/mol. The molecule has 0 spiro atoms. The molecule has 0 amide bonds. The first kappa shape index (κ1) is 11.9. The summed E-state index contributed by atoms with van der Waals surface area (Å²) in [6.07, 6.45) is 1.12. The zero-order chi connectivity index (χ0) is 6.57. The molecule has 2 N–H and O–H groups in total. The molecular weight excluding hydrogens is 200 g/mol. The molecule has 0 aliphatic carbocycles. The van der Waals surface area contributed by atoms with E-state index in [-0.39, 0.29) is 48.3 Å². The molecule has 0 radical (unpaired) electrons. The topological polar surface area (TPSA) is 74.6 Å². The van der Waals surface area contributed by atoms with E-state index in [4.69, 9.17) is 10.2 Å². The number of carboxylic acids is 2. The Morgan fingerprint density at radius 2 is 1.33 bits per heavy atom. The fourth-order valence-electron chi connectivity index (χ4n) is 0.143. The van der Waals surface area contributed by atoms with Crippen molar-refractivity contribution in [1.29, 1.82) is 0 Å². The first-order chi connectivity index (χ1) is 3.63. The minimum atomic E-state index is -1.26. The van der Waals surface area contributed by atoms with Crippen molar-refractivity contribution in [3.63, 3.8) is 0 Å². The van der Waals surface area contributed by atoms with Gasteiger partial charge in [0.1, 0.15) is 0 Å². The van der Waals surface area contributed by atoms with E-state index in [1.54, 1.807) is 0 Å². The summed E-state index contributed by atoms with van der Waals surface area (Å²) in [4.78, 5) is 19.1. The minimum absolute atomic E-state index is 0. The Bertz CT molecular complexity index is 131. The van der Waals surface area contributed by atoms with Crippen LogP contribution >= 0.6 is 0 Å². The maximum atomic E-state index is 9.55. The molecule has 0 unspecified atom stereocenters. The van der Waals surface area contributed by atoms with Crippen LogP contribution in [0.5, 0.6) is 0 Å². The van der Waals surface area contributed by atoms with Gasteiger partial charge in [-0.1, -0.05) is 0 Å². The van der Waals surface area contributed by atoms with Gasteiger partial charge in [0, 0.05) is 12.2 Å². The molecule has 0 atom stereocenters. The summed E-state index contributed by atoms with van der Waals surface area (Å²) < 4.78 is 0. The van der Waals surface area contributed by atoms with Gasteiger partial charge in [-0.25, -0.2) is 9.59 Å². The van der Waals surface area contributed by atoms with Crippen molar-refractivity contribution in [2.24, 2.45) is 0 Å². The van der Waals surface area contributed by atoms with E-state index in [0.29, 0.717) is 12.2 Å². The van der Waals surface area contributed by atoms with Gasteiger partial charge in [-0.3, -0.25) is 0 Å². The molecule has 0 aromatic heterocycles. The molecule has 5 heteroatoms. The summed E-state index contributed by atoms with van der Waals surface area (Å²) in [5.41, 5.74) is 0. The second-order valence-corrected chi connectivity index (χ2v) is 1.01. The molecule has 0 rings (SSSR count). The van der Waals surface area contributed by atoms with Gasteiger partial charge in [0.05, 0.1) is 0 Å². The van der Waals surface area contributed by atoms with Gasteiger partial charge >= 0.3 is 57.4 Å². The van der Waals surface area contributed by atoms with E-state index < -0.39 is 11.9 Å². The molecule has 4 nitrogen and oxygen atoms in total. The number of hydrogen-bond donors (Lipinski definition) is 2. The van der Waals surface area contributed by atoms with Crippen molar-refractivity contribution in [2.45, 2.75) is 0 Å². The van der Waals surface area contributed by atoms with Crippen LogP contribution in [0.2, 0.25) is 0 Å². The van der Waals surface area contributed by atoms with Crippen molar-refractivity contribution >= 4 is 57.4 Å². The van der Waals surface area contributed by atoms with E-state index >= 15 is 0 Å². The van der Waals surface area contributed by atoms with Crippen LogP contribution in [0.15, 0.2) is 12.2 Å². The van der Waals surface area contributed by atoms with E-state index in [1.165, 1.54) is 0 Å². The molecule has 0 fully saturated rings. The molecule has 0 aliphatic heterocycles. The number of rotatable bonds is 2. The average Bonchev–Trinajstić information content (AvgIpc) is 1.61. The number of hydrogen-bond acceptors (Lipinski definition) is 2. The van der Waals surface area contributed by atoms with E-state index in [9.17, 15) is 9.59 Å². The second-order valence-electron chi connectivity index (χ2n) is 1.01. The second kappa shape index (κ2) is 6.28. The average molecular weight is 206 g/mol. The molecule has 0 aliphatic rings. The zero-order valence-corrected chi connectivity index (χ0v) is 8.05. The van der Waals surface area contributed by atoms with Crippen LogP contribution in [0.25, 0.3) is 0 Å². The zero-order valence-electron chi connectivity index (χ0n) is 6.57. The fourth-order valence-corrected chi connectivity index (χ4v) is 0.143. The maximum Gasteiger partial charge on any atom is 2.00 e. The smallest absolute Gasteiger partial charge is 1.00 e. The van der Waals surface area contributed by atoms with Crippen LogP contribution in [-0.4, -0.2) is 67.6 Å². The number of carboxylic acid groups (broad SMARTS) is 2. The standard InChI is InChI=1S/C4H4O4.Sr.2H/c5-3(6)1-2-4(7)8;;;/h1-2H,(H,5,6)(H,7,8);;;/q;+2;2*-1/b2-1-;;;. The Morgan fingerprint density at radius 3 is 1.44 bits per heavy atom. The van der Waals surface area contributed by atoms with Crippen molar-refractivity contribution in [1.82, 2.24) is 0 Å². The first-order valence-electron chi connectivity index (χ1n) is 1.77. The van der Waals surface area contributed by atoms with Gasteiger partial charge in [-0.15, -0.1) is 0 Å². The molecule has 0 saturated carbocycles. The van der Waals surface area contributed by atoms with Crippen LogP contribution in [0, 0.1) is 0 Å². The van der Waals surface area contributed by atoms with Crippen molar-refractivity contribution in [3.05, 3.63) is 12.2 Å². The van der Waals surface area contributed by atoms with Crippen LogP contribution in [0.4, 0.5) is 0 Å². The molecule has 0 saturated heterocycles. The molecular formula is C4H6O4Sr. The van der Waals surface area contributed by atoms with Crippen LogP contribution in [0.3, 0.4) is 0 Å².